The van der Waals surface area contributed by atoms with Crippen LogP contribution in [0.25, 0.3) is 0 Å². The number of hydrogen-bond acceptors (Lipinski definition) is 1. The Morgan fingerprint density at radius 3 is 2.50 bits per heavy atom. The van der Waals surface area contributed by atoms with Crippen LogP contribution < -0.4 is 5.73 Å². The van der Waals surface area contributed by atoms with Gasteiger partial charge >= 0.3 is 103 Å². The van der Waals surface area contributed by atoms with E-state index < -0.39 is 0 Å². The third-order valence-corrected chi connectivity index (χ3v) is 6.24. The van der Waals surface area contributed by atoms with Gasteiger partial charge in [0.15, 0.2) is 0 Å². The molecule has 0 saturated carbocycles. The van der Waals surface area contributed by atoms with Crippen LogP contribution in [0.2, 0.25) is 0 Å². The second kappa shape index (κ2) is 6.29. The maximum atomic E-state index is 11.0. The molecule has 0 bridgehead atoms. The van der Waals surface area contributed by atoms with Gasteiger partial charge in [0.1, 0.15) is 0 Å². The summed E-state index contributed by atoms with van der Waals surface area (Å²) in [7, 11) is 0. The van der Waals surface area contributed by atoms with Crippen LogP contribution in [0.15, 0.2) is 11.1 Å². The van der Waals surface area contributed by atoms with E-state index in [9.17, 15) is 4.79 Å². The van der Waals surface area contributed by atoms with Gasteiger partial charge < -0.3 is 0 Å². The van der Waals surface area contributed by atoms with E-state index in [1.54, 1.807) is 0 Å². The Balaban J connectivity index is 4.43. The summed E-state index contributed by atoms with van der Waals surface area (Å²) in [4.78, 5) is 11.0. The Bertz CT molecular complexity index is 240. The van der Waals surface area contributed by atoms with E-state index >= 15 is 0 Å². The predicted octanol–water partition coefficient (Wildman–Crippen LogP) is 0.455. The normalized spacial score (nSPS) is 11.8. The fourth-order valence-electron chi connectivity index (χ4n) is 0.645. The average molecular weight is 570 g/mol. The van der Waals surface area contributed by atoms with Crippen LogP contribution in [-0.2, 0) is 43.5 Å². The first kappa shape index (κ1) is 12.8. The summed E-state index contributed by atoms with van der Waals surface area (Å²) in [6.07, 6.45) is 0.609. The van der Waals surface area contributed by atoms with Crippen molar-refractivity contribution in [3.63, 3.8) is 0 Å². The van der Waals surface area contributed by atoms with Gasteiger partial charge in [-0.3, -0.25) is 0 Å². The van der Waals surface area contributed by atoms with Crippen molar-refractivity contribution >= 4 is 30.1 Å². The van der Waals surface area contributed by atoms with Crippen LogP contribution in [-0.4, -0.2) is 14.2 Å². The summed E-state index contributed by atoms with van der Waals surface area (Å²) < 4.78 is 3.95. The zero-order valence-corrected chi connectivity index (χ0v) is 13.7. The van der Waals surface area contributed by atoms with Crippen molar-refractivity contribution in [3.8, 4) is 0 Å². The zero-order valence-electron chi connectivity index (χ0n) is 6.25. The number of hydrogen-bond donors (Lipinski definition) is 1. The predicted molar refractivity (Wildman–Crippen MR) is 46.4 cm³/mol. The average Bonchev–Trinajstić information content (AvgIpc) is 1.98. The Morgan fingerprint density at radius 1 is 1.75 bits per heavy atom. The first-order valence-electron chi connectivity index (χ1n) is 3.10. The molecule has 2 N–H and O–H groups in total. The molecule has 0 aliphatic carbocycles. The molecule has 0 aromatic rings. The van der Waals surface area contributed by atoms with Crippen molar-refractivity contribution in [2.45, 2.75) is 6.42 Å². The fourth-order valence-corrected chi connectivity index (χ4v) is 2.28. The molecule has 2 nitrogen and oxygen atoms in total. The molecular weight excluding hydrogens is 562 g/mol. The minimum atomic E-state index is -0.266. The molecule has 1 atom stereocenters. The van der Waals surface area contributed by atoms with Crippen LogP contribution in [0.5, 0.6) is 0 Å². The van der Waals surface area contributed by atoms with Gasteiger partial charge in [-0.15, -0.1) is 0 Å². The first-order valence-corrected chi connectivity index (χ1v) is 7.06. The number of nitrogens with two attached hydrogens (primary N) is 1. The molecular formula is C7H8BrNOW2. The van der Waals surface area contributed by atoms with Crippen LogP contribution >= 0.6 is 15.9 Å². The summed E-state index contributed by atoms with van der Waals surface area (Å²) in [5.74, 6) is -0.428. The fraction of sp³-hybridized carbons (Fsp3) is 0.286. The third-order valence-electron chi connectivity index (χ3n) is 1.23. The van der Waals surface area contributed by atoms with E-state index in [0.717, 1.165) is 8.38 Å². The molecule has 12 heavy (non-hydrogen) atoms. The van der Waals surface area contributed by atoms with E-state index in [4.69, 9.17) is 5.73 Å². The molecule has 0 aromatic heterocycles. The van der Waals surface area contributed by atoms with Gasteiger partial charge in [-0.05, 0) is 0 Å². The van der Waals surface area contributed by atoms with Crippen LogP contribution in [0.4, 0.5) is 0 Å². The second-order valence-corrected chi connectivity index (χ2v) is 5.86. The third kappa shape index (κ3) is 4.74. The Hall–Kier alpha value is 0.807. The molecule has 0 radical (unpaired) electrons. The van der Waals surface area contributed by atoms with Crippen LogP contribution in [0.1, 0.15) is 6.42 Å². The SMILES string of the molecule is C=C(Br)CC(C(N)=O)[C](=[W])[CH]=[W]. The summed E-state index contributed by atoms with van der Waals surface area (Å²) >= 11 is 5.88. The van der Waals surface area contributed by atoms with E-state index in [2.05, 4.69) is 22.5 Å². The molecule has 1 amide bonds. The van der Waals surface area contributed by atoms with Gasteiger partial charge in [-0.1, -0.05) is 0 Å². The van der Waals surface area contributed by atoms with Gasteiger partial charge in [0, 0.05) is 0 Å². The molecule has 0 aliphatic rings. The standard InChI is InChI=1S/C7H8BrNO.2W/c1-3-6(7(9)10)4-5(2)8;;/h1,6H,2,4H2,(H2,9,10);;. The molecule has 0 aliphatic heterocycles. The van der Waals surface area contributed by atoms with E-state index in [1.807, 2.05) is 4.40 Å². The molecule has 0 spiro atoms. The van der Waals surface area contributed by atoms with Crippen molar-refractivity contribution in [3.05, 3.63) is 11.1 Å². The first-order chi connectivity index (χ1) is 5.49. The Morgan fingerprint density at radius 2 is 2.25 bits per heavy atom. The van der Waals surface area contributed by atoms with Crippen LogP contribution in [0, 0.1) is 5.92 Å². The van der Waals surface area contributed by atoms with Gasteiger partial charge in [-0.2, -0.15) is 0 Å². The quantitative estimate of drug-likeness (QED) is 0.514. The molecule has 0 heterocycles. The van der Waals surface area contributed by atoms with Crippen molar-refractivity contribution in [2.24, 2.45) is 11.7 Å². The number of carbonyl (C=O) groups is 1. The summed E-state index contributed by atoms with van der Waals surface area (Å²) in [5, 5.41) is 0. The van der Waals surface area contributed by atoms with Crippen molar-refractivity contribution in [1.29, 1.82) is 0 Å². The molecule has 0 aromatic carbocycles. The van der Waals surface area contributed by atoms with Gasteiger partial charge in [0.2, 0.25) is 0 Å². The number of primary amides is 1. The second-order valence-electron chi connectivity index (χ2n) is 2.20. The van der Waals surface area contributed by atoms with Crippen molar-refractivity contribution in [1.82, 2.24) is 0 Å². The van der Waals surface area contributed by atoms with Gasteiger partial charge in [0.05, 0.1) is 0 Å². The Labute approximate surface area is 102 Å². The van der Waals surface area contributed by atoms with E-state index in [0.29, 0.717) is 6.42 Å². The number of allylic oxidation sites excluding steroid dienone is 1. The summed E-state index contributed by atoms with van der Waals surface area (Å²) in [6, 6.07) is 0. The van der Waals surface area contributed by atoms with E-state index in [1.165, 1.54) is 38.7 Å². The minimum absolute atomic E-state index is 0.163. The maximum absolute atomic E-state index is 11.0. The van der Waals surface area contributed by atoms with Gasteiger partial charge in [0.25, 0.3) is 0 Å². The molecule has 0 rings (SSSR count). The number of carbonyl (C=O) groups excluding carboxylic acids is 1. The number of halogens is 1. The zero-order chi connectivity index (χ0) is 9.72. The topological polar surface area (TPSA) is 43.1 Å². The monoisotopic (exact) mass is 569 g/mol. The number of amides is 1. The molecule has 5 heteroatoms. The Kier molecular flexibility index (Phi) is 6.71. The molecule has 0 fully saturated rings. The van der Waals surface area contributed by atoms with Crippen LogP contribution in [0.3, 0.4) is 0 Å². The van der Waals surface area contributed by atoms with E-state index in [-0.39, 0.29) is 11.8 Å². The summed E-state index contributed by atoms with van der Waals surface area (Å²) in [5.41, 5.74) is 5.24. The van der Waals surface area contributed by atoms with Gasteiger partial charge in [-0.25, -0.2) is 0 Å². The molecule has 0 saturated heterocycles. The number of rotatable bonds is 5. The van der Waals surface area contributed by atoms with Crippen molar-refractivity contribution < 1.29 is 43.5 Å². The summed E-state index contributed by atoms with van der Waals surface area (Å²) in [6.45, 7) is 3.69. The molecule has 1 unspecified atom stereocenters. The van der Waals surface area contributed by atoms with Crippen molar-refractivity contribution in [2.75, 3.05) is 0 Å². The molecule has 66 valence electrons.